The number of rotatable bonds is 5. The second kappa shape index (κ2) is 12.5. The van der Waals surface area contributed by atoms with Crippen molar-refractivity contribution in [2.75, 3.05) is 0 Å². The molecule has 0 fully saturated rings. The maximum atomic E-state index is 6.58. The van der Waals surface area contributed by atoms with Crippen LogP contribution in [0, 0.1) is 0 Å². The van der Waals surface area contributed by atoms with Crippen molar-refractivity contribution in [2.24, 2.45) is 0 Å². The van der Waals surface area contributed by atoms with Crippen molar-refractivity contribution in [3.8, 4) is 44.8 Å². The molecule has 0 aliphatic rings. The van der Waals surface area contributed by atoms with Crippen molar-refractivity contribution in [3.63, 3.8) is 0 Å². The third-order valence-corrected chi connectivity index (χ3v) is 11.7. The van der Waals surface area contributed by atoms with Crippen LogP contribution in [0.2, 0.25) is 0 Å². The molecule has 0 saturated carbocycles. The van der Waals surface area contributed by atoms with Crippen molar-refractivity contribution in [1.29, 1.82) is 0 Å². The van der Waals surface area contributed by atoms with Crippen molar-refractivity contribution < 1.29 is 4.42 Å². The van der Waals surface area contributed by atoms with Crippen molar-refractivity contribution in [2.45, 2.75) is 0 Å². The lowest BCUT2D eigenvalue weighted by molar-refractivity contribution is 0.670. The highest BCUT2D eigenvalue weighted by Crippen LogP contribution is 2.42. The molecule has 0 bridgehead atoms. The Morgan fingerprint density at radius 3 is 1.49 bits per heavy atom. The maximum Gasteiger partial charge on any atom is 0.143 e. The Hall–Kier alpha value is -7.62. The van der Waals surface area contributed by atoms with Crippen LogP contribution >= 0.6 is 0 Å². The van der Waals surface area contributed by atoms with E-state index < -0.39 is 0 Å². The van der Waals surface area contributed by atoms with Gasteiger partial charge in [-0.05, 0) is 101 Å². The molecule has 0 N–H and O–H groups in total. The lowest BCUT2D eigenvalue weighted by Gasteiger charge is -2.14. The molecule has 12 rings (SSSR count). The Kier molecular flexibility index (Phi) is 6.93. The predicted molar refractivity (Wildman–Crippen MR) is 239 cm³/mol. The molecule has 3 aromatic heterocycles. The highest BCUT2D eigenvalue weighted by molar-refractivity contribution is 6.13. The largest absolute Gasteiger partial charge is 0.455 e. The van der Waals surface area contributed by atoms with E-state index in [4.69, 9.17) is 4.42 Å². The van der Waals surface area contributed by atoms with Crippen LogP contribution in [0.25, 0.3) is 110 Å². The fourth-order valence-electron chi connectivity index (χ4n) is 9.11. The number of para-hydroxylation sites is 5. The molecule has 0 atom stereocenters. The Labute approximate surface area is 328 Å². The van der Waals surface area contributed by atoms with Gasteiger partial charge in [0.1, 0.15) is 11.2 Å². The van der Waals surface area contributed by atoms with E-state index in [9.17, 15) is 0 Å². The zero-order valence-corrected chi connectivity index (χ0v) is 30.9. The van der Waals surface area contributed by atoms with E-state index >= 15 is 0 Å². The van der Waals surface area contributed by atoms with Crippen LogP contribution in [0.1, 0.15) is 0 Å². The second-order valence-corrected chi connectivity index (χ2v) is 14.9. The number of aromatic nitrogens is 2. The highest BCUT2D eigenvalue weighted by atomic mass is 16.3. The summed E-state index contributed by atoms with van der Waals surface area (Å²) in [4.78, 5) is 0. The predicted octanol–water partition coefficient (Wildman–Crippen LogP) is 14.8. The third-order valence-electron chi connectivity index (χ3n) is 11.7. The second-order valence-electron chi connectivity index (χ2n) is 14.9. The Bertz CT molecular complexity index is 3510. The first-order valence-corrected chi connectivity index (χ1v) is 19.5. The van der Waals surface area contributed by atoms with Crippen LogP contribution < -0.4 is 0 Å². The minimum Gasteiger partial charge on any atom is -0.455 e. The lowest BCUT2D eigenvalue weighted by atomic mass is 9.96. The van der Waals surface area contributed by atoms with Crippen LogP contribution in [0.5, 0.6) is 0 Å². The molecular formula is C54H34N2O. The van der Waals surface area contributed by atoms with Crippen molar-refractivity contribution in [3.05, 3.63) is 206 Å². The molecule has 57 heavy (non-hydrogen) atoms. The highest BCUT2D eigenvalue weighted by Gasteiger charge is 2.19. The summed E-state index contributed by atoms with van der Waals surface area (Å²) < 4.78 is 11.4. The van der Waals surface area contributed by atoms with Gasteiger partial charge in [-0.2, -0.15) is 0 Å². The van der Waals surface area contributed by atoms with E-state index in [0.717, 1.165) is 44.3 Å². The minimum absolute atomic E-state index is 0.902. The molecule has 0 radical (unpaired) electrons. The molecule has 0 aliphatic heterocycles. The van der Waals surface area contributed by atoms with Gasteiger partial charge in [0, 0.05) is 49.3 Å². The molecule has 0 aliphatic carbocycles. The molecule has 0 saturated heterocycles. The van der Waals surface area contributed by atoms with E-state index in [1.54, 1.807) is 0 Å². The fraction of sp³-hybridized carbons (Fsp3) is 0. The normalized spacial score (nSPS) is 11.9. The van der Waals surface area contributed by atoms with Crippen LogP contribution in [-0.2, 0) is 0 Å². The zero-order chi connectivity index (χ0) is 37.5. The number of fused-ring (bicyclic) bond motifs is 9. The summed E-state index contributed by atoms with van der Waals surface area (Å²) in [6.07, 6.45) is 0. The molecule has 3 heteroatoms. The summed E-state index contributed by atoms with van der Waals surface area (Å²) in [5.74, 6) is 0. The van der Waals surface area contributed by atoms with E-state index in [1.807, 2.05) is 6.07 Å². The number of nitrogens with zero attached hydrogens (tertiary/aromatic N) is 2. The molecule has 266 valence electrons. The lowest BCUT2D eigenvalue weighted by Crippen LogP contribution is -1.96. The Balaban J connectivity index is 1.06. The molecule has 0 spiro atoms. The van der Waals surface area contributed by atoms with E-state index in [0.29, 0.717) is 0 Å². The Morgan fingerprint density at radius 2 is 0.807 bits per heavy atom. The quantitative estimate of drug-likeness (QED) is 0.173. The number of hydrogen-bond acceptors (Lipinski definition) is 1. The molecule has 3 heterocycles. The maximum absolute atomic E-state index is 6.58. The van der Waals surface area contributed by atoms with E-state index in [1.165, 1.54) is 66.0 Å². The minimum atomic E-state index is 0.902. The van der Waals surface area contributed by atoms with Crippen LogP contribution in [0.3, 0.4) is 0 Å². The van der Waals surface area contributed by atoms with Gasteiger partial charge in [-0.25, -0.2) is 0 Å². The first kappa shape index (κ1) is 31.7. The summed E-state index contributed by atoms with van der Waals surface area (Å²) in [7, 11) is 0. The summed E-state index contributed by atoms with van der Waals surface area (Å²) in [5.41, 5.74) is 15.7. The Morgan fingerprint density at radius 1 is 0.281 bits per heavy atom. The number of hydrogen-bond donors (Lipinski definition) is 0. The molecule has 3 nitrogen and oxygen atoms in total. The van der Waals surface area contributed by atoms with Gasteiger partial charge >= 0.3 is 0 Å². The molecule has 0 unspecified atom stereocenters. The van der Waals surface area contributed by atoms with E-state index in [2.05, 4.69) is 209 Å². The van der Waals surface area contributed by atoms with Gasteiger partial charge in [-0.15, -0.1) is 0 Å². The topological polar surface area (TPSA) is 23.0 Å². The standard InChI is InChI=1S/C54H34N2O/c1-3-14-35(15-4-1)38-30-39(42-21-13-22-46-45-20-9-12-25-53(45)57-54(42)46)32-41(31-38)56-50-24-11-8-19-44(50)48-34-37(27-29-52(48)56)36-26-28-51-47(33-36)43-18-7-10-23-49(43)55(51)40-16-5-2-6-17-40/h1-34H. The van der Waals surface area contributed by atoms with Gasteiger partial charge in [0.2, 0.25) is 0 Å². The number of furan rings is 1. The van der Waals surface area contributed by atoms with Gasteiger partial charge in [-0.1, -0.05) is 133 Å². The number of benzene rings is 9. The summed E-state index contributed by atoms with van der Waals surface area (Å²) in [6, 6.07) is 74.5. The molecule has 9 aromatic carbocycles. The van der Waals surface area contributed by atoms with Crippen molar-refractivity contribution in [1.82, 2.24) is 9.13 Å². The molecule has 0 amide bonds. The average Bonchev–Trinajstić information content (AvgIpc) is 3.94. The zero-order valence-electron chi connectivity index (χ0n) is 30.9. The van der Waals surface area contributed by atoms with Gasteiger partial charge < -0.3 is 13.6 Å². The van der Waals surface area contributed by atoms with Crippen LogP contribution in [0.4, 0.5) is 0 Å². The monoisotopic (exact) mass is 726 g/mol. The summed E-state index contributed by atoms with van der Waals surface area (Å²) >= 11 is 0. The van der Waals surface area contributed by atoms with Gasteiger partial charge in [-0.3, -0.25) is 0 Å². The van der Waals surface area contributed by atoms with Crippen molar-refractivity contribution >= 4 is 65.6 Å². The van der Waals surface area contributed by atoms with Gasteiger partial charge in [0.15, 0.2) is 0 Å². The first-order valence-electron chi connectivity index (χ1n) is 19.5. The van der Waals surface area contributed by atoms with Crippen LogP contribution in [-0.4, -0.2) is 9.13 Å². The first-order chi connectivity index (χ1) is 28.3. The molecular weight excluding hydrogens is 693 g/mol. The summed E-state index contributed by atoms with van der Waals surface area (Å²) in [6.45, 7) is 0. The van der Waals surface area contributed by atoms with Gasteiger partial charge in [0.25, 0.3) is 0 Å². The van der Waals surface area contributed by atoms with E-state index in [-0.39, 0.29) is 0 Å². The average molecular weight is 727 g/mol. The smallest absolute Gasteiger partial charge is 0.143 e. The summed E-state index contributed by atoms with van der Waals surface area (Å²) in [5, 5.41) is 7.21. The van der Waals surface area contributed by atoms with Gasteiger partial charge in [0.05, 0.1) is 22.1 Å². The van der Waals surface area contributed by atoms with Crippen LogP contribution in [0.15, 0.2) is 211 Å². The SMILES string of the molecule is c1ccc(-c2cc(-c3cccc4c3oc3ccccc34)cc(-n3c4ccccc4c4cc(-c5ccc6c(c5)c5ccccc5n6-c5ccccc5)ccc43)c2)cc1. The fourth-order valence-corrected chi connectivity index (χ4v) is 9.11. The molecule has 12 aromatic rings. The third kappa shape index (κ3) is 4.92.